The molecular weight excluding hydrogens is 382 g/mol. The standard InChI is InChI=1S/C12H18.U/c1-3-4-5-8-12-9-6-7-11(2)10-12;/h6-7,9-10H,3-5,8H2,1-2H3;. The smallest absolute Gasteiger partial charge is 0 e. The van der Waals surface area contributed by atoms with Gasteiger partial charge in [-0.1, -0.05) is 49.6 Å². The molecule has 0 amide bonds. The molecule has 0 unspecified atom stereocenters. The third kappa shape index (κ3) is 5.55. The second-order valence-electron chi connectivity index (χ2n) is 3.45. The van der Waals surface area contributed by atoms with E-state index in [9.17, 15) is 0 Å². The molecule has 0 heterocycles. The minimum absolute atomic E-state index is 0. The van der Waals surface area contributed by atoms with Crippen molar-refractivity contribution in [1.29, 1.82) is 0 Å². The fraction of sp³-hybridized carbons (Fsp3) is 0.500. The monoisotopic (exact) mass is 400 g/mol. The van der Waals surface area contributed by atoms with E-state index in [1.807, 2.05) is 0 Å². The molecule has 0 aromatic heterocycles. The molecule has 13 heavy (non-hydrogen) atoms. The first-order valence-corrected chi connectivity index (χ1v) is 4.88. The number of rotatable bonds is 4. The fourth-order valence-electron chi connectivity index (χ4n) is 1.45. The summed E-state index contributed by atoms with van der Waals surface area (Å²) in [5.74, 6) is 0. The summed E-state index contributed by atoms with van der Waals surface area (Å²) in [6, 6.07) is 8.82. The zero-order valence-electron chi connectivity index (χ0n) is 8.64. The Hall–Kier alpha value is 0.272. The second kappa shape index (κ2) is 7.65. The Morgan fingerprint density at radius 1 is 1.15 bits per heavy atom. The van der Waals surface area contributed by atoms with Crippen molar-refractivity contribution >= 4 is 0 Å². The first-order chi connectivity index (χ1) is 5.83. The van der Waals surface area contributed by atoms with Gasteiger partial charge in [0.1, 0.15) is 0 Å². The van der Waals surface area contributed by atoms with E-state index in [4.69, 9.17) is 0 Å². The topological polar surface area (TPSA) is 0 Å². The van der Waals surface area contributed by atoms with Gasteiger partial charge in [-0.2, -0.15) is 0 Å². The Bertz CT molecular complexity index is 230. The molecule has 1 heteroatoms. The molecule has 70 valence electrons. The van der Waals surface area contributed by atoms with Crippen molar-refractivity contribution in [3.63, 3.8) is 0 Å². The van der Waals surface area contributed by atoms with E-state index in [2.05, 4.69) is 38.1 Å². The van der Waals surface area contributed by atoms with Crippen LogP contribution >= 0.6 is 0 Å². The summed E-state index contributed by atoms with van der Waals surface area (Å²) in [6.45, 7) is 4.40. The van der Waals surface area contributed by atoms with Gasteiger partial charge in [0.25, 0.3) is 0 Å². The number of benzene rings is 1. The summed E-state index contributed by atoms with van der Waals surface area (Å²) in [5, 5.41) is 0. The van der Waals surface area contributed by atoms with Crippen LogP contribution in [-0.2, 0) is 6.42 Å². The van der Waals surface area contributed by atoms with Gasteiger partial charge in [0, 0.05) is 31.1 Å². The summed E-state index contributed by atoms with van der Waals surface area (Å²) in [7, 11) is 0. The van der Waals surface area contributed by atoms with Gasteiger partial charge in [0.05, 0.1) is 0 Å². The van der Waals surface area contributed by atoms with Gasteiger partial charge in [0.2, 0.25) is 0 Å². The Morgan fingerprint density at radius 3 is 2.54 bits per heavy atom. The molecule has 1 rings (SSSR count). The van der Waals surface area contributed by atoms with Crippen LogP contribution in [0.25, 0.3) is 0 Å². The minimum Gasteiger partial charge on any atom is -0.0654 e. The van der Waals surface area contributed by atoms with Gasteiger partial charge in [-0.15, -0.1) is 0 Å². The minimum atomic E-state index is 0. The SMILES string of the molecule is CCCCCc1cccc(C)c1.[U]. The Labute approximate surface area is 106 Å². The maximum absolute atomic E-state index is 2.29. The Kier molecular flexibility index (Phi) is 7.82. The molecule has 0 aliphatic heterocycles. The van der Waals surface area contributed by atoms with Gasteiger partial charge >= 0.3 is 0 Å². The summed E-state index contributed by atoms with van der Waals surface area (Å²) < 4.78 is 0. The van der Waals surface area contributed by atoms with Crippen LogP contribution in [0.15, 0.2) is 24.3 Å². The maximum atomic E-state index is 2.29. The molecule has 0 fully saturated rings. The van der Waals surface area contributed by atoms with Crippen LogP contribution in [0.5, 0.6) is 0 Å². The van der Waals surface area contributed by atoms with Crippen LogP contribution in [0.4, 0.5) is 0 Å². The first kappa shape index (κ1) is 13.3. The van der Waals surface area contributed by atoms with E-state index in [1.54, 1.807) is 0 Å². The Balaban J connectivity index is 0.00000144. The summed E-state index contributed by atoms with van der Waals surface area (Å²) in [5.41, 5.74) is 2.87. The van der Waals surface area contributed by atoms with Gasteiger partial charge in [0.15, 0.2) is 0 Å². The molecule has 0 aliphatic carbocycles. The van der Waals surface area contributed by atoms with Crippen LogP contribution in [0.1, 0.15) is 37.3 Å². The van der Waals surface area contributed by atoms with Gasteiger partial charge < -0.3 is 0 Å². The molecule has 0 radical (unpaired) electrons. The number of aryl methyl sites for hydroxylation is 2. The average molecular weight is 400 g/mol. The Morgan fingerprint density at radius 2 is 1.92 bits per heavy atom. The normalized spacial score (nSPS) is 9.38. The van der Waals surface area contributed by atoms with E-state index >= 15 is 0 Å². The third-order valence-corrected chi connectivity index (χ3v) is 2.15. The van der Waals surface area contributed by atoms with Gasteiger partial charge in [-0.3, -0.25) is 0 Å². The molecule has 0 saturated heterocycles. The molecule has 0 nitrogen and oxygen atoms in total. The second-order valence-corrected chi connectivity index (χ2v) is 3.45. The zero-order chi connectivity index (χ0) is 8.81. The molecule has 0 N–H and O–H groups in total. The third-order valence-electron chi connectivity index (χ3n) is 2.15. The van der Waals surface area contributed by atoms with Crippen LogP contribution in [0.2, 0.25) is 0 Å². The van der Waals surface area contributed by atoms with Crippen molar-refractivity contribution in [2.75, 3.05) is 0 Å². The van der Waals surface area contributed by atoms with E-state index < -0.39 is 0 Å². The van der Waals surface area contributed by atoms with Crippen molar-refractivity contribution in [2.45, 2.75) is 39.5 Å². The van der Waals surface area contributed by atoms with Crippen LogP contribution in [-0.4, -0.2) is 0 Å². The van der Waals surface area contributed by atoms with Crippen molar-refractivity contribution < 1.29 is 31.1 Å². The van der Waals surface area contributed by atoms with Crippen LogP contribution in [0, 0.1) is 38.0 Å². The zero-order valence-corrected chi connectivity index (χ0v) is 12.8. The predicted octanol–water partition coefficient (Wildman–Crippen LogP) is 3.73. The summed E-state index contributed by atoms with van der Waals surface area (Å²) in [6.07, 6.45) is 5.25. The average Bonchev–Trinajstić information content (AvgIpc) is 2.05. The maximum Gasteiger partial charge on any atom is 0 e. The van der Waals surface area contributed by atoms with E-state index in [0.29, 0.717) is 0 Å². The molecule has 0 bridgehead atoms. The molecular formula is C12H18U. The van der Waals surface area contributed by atoms with E-state index in [0.717, 1.165) is 0 Å². The quantitative estimate of drug-likeness (QED) is 0.676. The molecule has 0 atom stereocenters. The van der Waals surface area contributed by atoms with Crippen molar-refractivity contribution in [2.24, 2.45) is 0 Å². The molecule has 0 spiro atoms. The van der Waals surface area contributed by atoms with Crippen LogP contribution < -0.4 is 0 Å². The van der Waals surface area contributed by atoms with Gasteiger partial charge in [-0.05, 0) is 25.3 Å². The van der Waals surface area contributed by atoms with E-state index in [1.165, 1.54) is 36.8 Å². The predicted molar refractivity (Wildman–Crippen MR) is 54.4 cm³/mol. The largest absolute Gasteiger partial charge is 0.0654 e. The van der Waals surface area contributed by atoms with Crippen molar-refractivity contribution in [1.82, 2.24) is 0 Å². The molecule has 0 aliphatic rings. The van der Waals surface area contributed by atoms with Gasteiger partial charge in [-0.25, -0.2) is 0 Å². The summed E-state index contributed by atoms with van der Waals surface area (Å²) in [4.78, 5) is 0. The number of hydrogen-bond donors (Lipinski definition) is 0. The summed E-state index contributed by atoms with van der Waals surface area (Å²) >= 11 is 0. The molecule has 0 saturated carbocycles. The van der Waals surface area contributed by atoms with Crippen molar-refractivity contribution in [3.05, 3.63) is 35.4 Å². The van der Waals surface area contributed by atoms with Crippen molar-refractivity contribution in [3.8, 4) is 0 Å². The molecule has 1 aromatic carbocycles. The number of unbranched alkanes of at least 4 members (excludes halogenated alkanes) is 2. The first-order valence-electron chi connectivity index (χ1n) is 4.88. The van der Waals surface area contributed by atoms with E-state index in [-0.39, 0.29) is 31.1 Å². The van der Waals surface area contributed by atoms with Crippen LogP contribution in [0.3, 0.4) is 0 Å². The number of hydrogen-bond acceptors (Lipinski definition) is 0. The fourth-order valence-corrected chi connectivity index (χ4v) is 1.45. The molecule has 1 aromatic rings.